The van der Waals surface area contributed by atoms with Crippen molar-refractivity contribution in [1.29, 1.82) is 0 Å². The average molecular weight is 504 g/mol. The predicted molar refractivity (Wildman–Crippen MR) is 120 cm³/mol. The summed E-state index contributed by atoms with van der Waals surface area (Å²) in [5, 5.41) is 28.7. The molecule has 0 radical (unpaired) electrons. The number of aromatic amines is 1. The summed E-state index contributed by atoms with van der Waals surface area (Å²) in [6, 6.07) is 2.66. The number of nitrogens with one attached hydrogen (secondary N) is 2. The van der Waals surface area contributed by atoms with E-state index >= 15 is 0 Å². The van der Waals surface area contributed by atoms with Crippen molar-refractivity contribution < 1.29 is 21.9 Å². The van der Waals surface area contributed by atoms with Crippen molar-refractivity contribution in [2.45, 2.75) is 35.2 Å². The van der Waals surface area contributed by atoms with Gasteiger partial charge >= 0.3 is 0 Å². The lowest BCUT2D eigenvalue weighted by Gasteiger charge is -2.27. The third-order valence-electron chi connectivity index (χ3n) is 5.55. The summed E-state index contributed by atoms with van der Waals surface area (Å²) in [6.07, 6.45) is 1.37. The van der Waals surface area contributed by atoms with Gasteiger partial charge in [0.25, 0.3) is 0 Å². The summed E-state index contributed by atoms with van der Waals surface area (Å²) < 4.78 is 53.6. The average Bonchev–Trinajstić information content (AvgIpc) is 3.20. The van der Waals surface area contributed by atoms with Crippen LogP contribution in [0.4, 0.5) is 5.69 Å². The molecule has 1 fully saturated rings. The lowest BCUT2D eigenvalue weighted by atomic mass is 10.0. The largest absolute Gasteiger partial charge is 0.390 e. The van der Waals surface area contributed by atoms with Crippen molar-refractivity contribution in [3.8, 4) is 11.4 Å². The molecule has 0 bridgehead atoms. The molecule has 16 heteroatoms. The highest BCUT2D eigenvalue weighted by atomic mass is 32.2. The van der Waals surface area contributed by atoms with Gasteiger partial charge < -0.3 is 21.5 Å². The molecule has 9 N–H and O–H groups in total. The topological polar surface area (TPSA) is 236 Å². The number of primary sulfonamides is 1. The minimum atomic E-state index is -4.58. The van der Waals surface area contributed by atoms with Crippen LogP contribution in [0.25, 0.3) is 11.4 Å². The molecule has 0 aliphatic carbocycles. The van der Waals surface area contributed by atoms with Gasteiger partial charge in [-0.15, -0.1) is 10.2 Å². The van der Waals surface area contributed by atoms with Gasteiger partial charge in [0.2, 0.25) is 25.9 Å². The van der Waals surface area contributed by atoms with Gasteiger partial charge in [-0.1, -0.05) is 0 Å². The number of aliphatic hydroxyl groups is 1. The molecule has 2 heterocycles. The van der Waals surface area contributed by atoms with Gasteiger partial charge in [0.05, 0.1) is 11.7 Å². The summed E-state index contributed by atoms with van der Waals surface area (Å²) in [7, 11) is -8.98. The van der Waals surface area contributed by atoms with Crippen LogP contribution in [-0.4, -0.2) is 81.4 Å². The molecule has 1 aromatic heterocycles. The molecule has 33 heavy (non-hydrogen) atoms. The fourth-order valence-corrected chi connectivity index (χ4v) is 6.47. The second-order valence-corrected chi connectivity index (χ2v) is 11.1. The lowest BCUT2D eigenvalue weighted by Crippen LogP contribution is -2.37. The van der Waals surface area contributed by atoms with Gasteiger partial charge in [0.1, 0.15) is 9.79 Å². The van der Waals surface area contributed by atoms with E-state index in [4.69, 9.17) is 16.6 Å². The molecular weight excluding hydrogens is 474 g/mol. The van der Waals surface area contributed by atoms with Gasteiger partial charge in [-0.3, -0.25) is 0 Å². The quantitative estimate of drug-likeness (QED) is 0.212. The maximum absolute atomic E-state index is 13.0. The molecule has 2 aromatic rings. The molecular formula is C17H29N9O5S2. The molecule has 0 amide bonds. The SMILES string of the molecule is NCC(O)CNS(=O)(=O)c1ccc(N2CCCC(CN)CC2)c(-c2nn[nH]n2)c1S(N)(=O)=O. The molecule has 2 unspecified atom stereocenters. The summed E-state index contributed by atoms with van der Waals surface area (Å²) in [5.41, 5.74) is 11.5. The van der Waals surface area contributed by atoms with E-state index in [0.717, 1.165) is 19.3 Å². The van der Waals surface area contributed by atoms with Crippen molar-refractivity contribution in [2.75, 3.05) is 37.6 Å². The molecule has 1 saturated heterocycles. The molecule has 184 valence electrons. The number of sulfonamides is 2. The Morgan fingerprint density at radius 1 is 1.21 bits per heavy atom. The minimum Gasteiger partial charge on any atom is -0.390 e. The van der Waals surface area contributed by atoms with Gasteiger partial charge in [0.15, 0.2) is 0 Å². The van der Waals surface area contributed by atoms with Crippen molar-refractivity contribution >= 4 is 25.7 Å². The molecule has 1 aromatic carbocycles. The van der Waals surface area contributed by atoms with Crippen LogP contribution in [0.2, 0.25) is 0 Å². The number of tetrazole rings is 1. The highest BCUT2D eigenvalue weighted by Gasteiger charge is 2.33. The van der Waals surface area contributed by atoms with Crippen molar-refractivity contribution in [3.05, 3.63) is 12.1 Å². The fraction of sp³-hybridized carbons (Fsp3) is 0.588. The highest BCUT2D eigenvalue weighted by molar-refractivity contribution is 7.92. The van der Waals surface area contributed by atoms with Crippen LogP contribution >= 0.6 is 0 Å². The standard InChI is InChI=1S/C17H29N9O5S2/c18-8-11-2-1-6-26(7-5-11)13-3-4-14(33(30,31)21-10-12(27)9-19)16(32(20,28)29)15(13)17-22-24-25-23-17/h3-4,11-12,21,27H,1-2,5-10,18-19H2,(H2,20,28,29)(H,22,23,24,25). The maximum atomic E-state index is 13.0. The highest BCUT2D eigenvalue weighted by Crippen LogP contribution is 2.39. The number of H-pyrrole nitrogens is 1. The zero-order valence-corrected chi connectivity index (χ0v) is 19.5. The van der Waals surface area contributed by atoms with Gasteiger partial charge in [-0.25, -0.2) is 26.7 Å². The molecule has 0 saturated carbocycles. The Hall–Kier alpha value is -2.21. The lowest BCUT2D eigenvalue weighted by molar-refractivity contribution is 0.186. The number of aliphatic hydroxyl groups excluding tert-OH is 1. The first-order valence-corrected chi connectivity index (χ1v) is 13.4. The molecule has 14 nitrogen and oxygen atoms in total. The van der Waals surface area contributed by atoms with E-state index in [-0.39, 0.29) is 17.9 Å². The summed E-state index contributed by atoms with van der Waals surface area (Å²) in [5.74, 6) is 0.215. The number of hydrogen-bond acceptors (Lipinski definition) is 11. The van der Waals surface area contributed by atoms with Crippen LogP contribution < -0.4 is 26.2 Å². The van der Waals surface area contributed by atoms with Crippen LogP contribution in [0.5, 0.6) is 0 Å². The first-order chi connectivity index (χ1) is 15.6. The van der Waals surface area contributed by atoms with Gasteiger partial charge in [-0.2, -0.15) is 5.21 Å². The number of nitrogens with zero attached hydrogens (tertiary/aromatic N) is 4. The number of benzene rings is 1. The Morgan fingerprint density at radius 3 is 2.58 bits per heavy atom. The van der Waals surface area contributed by atoms with Gasteiger partial charge in [0, 0.05) is 31.9 Å². The summed E-state index contributed by atoms with van der Waals surface area (Å²) in [6.45, 7) is 1.12. The number of aromatic nitrogens is 4. The fourth-order valence-electron chi connectivity index (χ4n) is 3.80. The number of nitrogens with two attached hydrogens (primary N) is 3. The second kappa shape index (κ2) is 10.4. The molecule has 1 aliphatic rings. The van der Waals surface area contributed by atoms with E-state index in [1.165, 1.54) is 12.1 Å². The Bertz CT molecular complexity index is 1160. The number of anilines is 1. The molecule has 3 rings (SSSR count). The Kier molecular flexibility index (Phi) is 7.99. The van der Waals surface area contributed by atoms with Crippen molar-refractivity contribution in [3.63, 3.8) is 0 Å². The Morgan fingerprint density at radius 2 is 1.97 bits per heavy atom. The zero-order chi connectivity index (χ0) is 24.2. The molecule has 1 aliphatic heterocycles. The van der Waals surface area contributed by atoms with Crippen LogP contribution in [0.1, 0.15) is 19.3 Å². The minimum absolute atomic E-state index is 0.0697. The summed E-state index contributed by atoms with van der Waals surface area (Å²) >= 11 is 0. The summed E-state index contributed by atoms with van der Waals surface area (Å²) in [4.78, 5) is 0.695. The molecule has 2 atom stereocenters. The van der Waals surface area contributed by atoms with E-state index in [0.29, 0.717) is 31.2 Å². The Balaban J connectivity index is 2.19. The molecule has 0 spiro atoms. The van der Waals surface area contributed by atoms with E-state index in [1.807, 2.05) is 4.90 Å². The van der Waals surface area contributed by atoms with Crippen molar-refractivity contribution in [2.24, 2.45) is 22.5 Å². The van der Waals surface area contributed by atoms with Gasteiger partial charge in [-0.05, 0) is 49.1 Å². The predicted octanol–water partition coefficient (Wildman–Crippen LogP) is -2.32. The first-order valence-electron chi connectivity index (χ1n) is 10.3. The number of hydrogen-bond donors (Lipinski definition) is 6. The van der Waals surface area contributed by atoms with Crippen LogP contribution in [0.3, 0.4) is 0 Å². The Labute approximate surface area is 192 Å². The first kappa shape index (κ1) is 25.4. The van der Waals surface area contributed by atoms with E-state index in [9.17, 15) is 21.9 Å². The van der Waals surface area contributed by atoms with E-state index in [2.05, 4.69) is 25.3 Å². The van der Waals surface area contributed by atoms with Crippen LogP contribution in [0, 0.1) is 5.92 Å². The maximum Gasteiger partial charge on any atom is 0.242 e. The van der Waals surface area contributed by atoms with Crippen LogP contribution in [-0.2, 0) is 20.0 Å². The third kappa shape index (κ3) is 5.84. The third-order valence-corrected chi connectivity index (χ3v) is 8.13. The normalized spacial score (nSPS) is 18.8. The second-order valence-electron chi connectivity index (χ2n) is 7.83. The van der Waals surface area contributed by atoms with Crippen LogP contribution in [0.15, 0.2) is 21.9 Å². The van der Waals surface area contributed by atoms with Crippen molar-refractivity contribution in [1.82, 2.24) is 25.3 Å². The number of rotatable bonds is 9. The van der Waals surface area contributed by atoms with E-state index in [1.54, 1.807) is 0 Å². The zero-order valence-electron chi connectivity index (χ0n) is 17.9. The van der Waals surface area contributed by atoms with E-state index < -0.39 is 42.5 Å². The smallest absolute Gasteiger partial charge is 0.242 e. The monoisotopic (exact) mass is 503 g/mol.